The van der Waals surface area contributed by atoms with Crippen LogP contribution in [0.15, 0.2) is 18.3 Å². The van der Waals surface area contributed by atoms with E-state index < -0.39 is 0 Å². The summed E-state index contributed by atoms with van der Waals surface area (Å²) in [5.41, 5.74) is 1.42. The highest BCUT2D eigenvalue weighted by Crippen LogP contribution is 2.26. The first-order valence-corrected chi connectivity index (χ1v) is 5.56. The Morgan fingerprint density at radius 1 is 1.56 bits per heavy atom. The number of hydrogen-bond acceptors (Lipinski definition) is 4. The molecule has 4 nitrogen and oxygen atoms in total. The fraction of sp³-hybridized carbons (Fsp3) is 0.500. The summed E-state index contributed by atoms with van der Waals surface area (Å²) in [6, 6.07) is 6.09. The monoisotopic (exact) mass is 217 g/mol. The molecule has 1 aromatic rings. The van der Waals surface area contributed by atoms with E-state index >= 15 is 0 Å². The van der Waals surface area contributed by atoms with Crippen LogP contribution < -0.4 is 5.32 Å². The molecule has 0 saturated heterocycles. The molecule has 1 N–H and O–H groups in total. The quantitative estimate of drug-likeness (QED) is 0.837. The van der Waals surface area contributed by atoms with E-state index in [4.69, 9.17) is 10.00 Å². The summed E-state index contributed by atoms with van der Waals surface area (Å²) in [7, 11) is 0. The number of anilines is 1. The van der Waals surface area contributed by atoms with Gasteiger partial charge in [0, 0.05) is 12.6 Å². The van der Waals surface area contributed by atoms with Crippen molar-refractivity contribution in [3.8, 4) is 6.07 Å². The molecule has 1 saturated carbocycles. The van der Waals surface area contributed by atoms with E-state index in [-0.39, 0.29) is 0 Å². The van der Waals surface area contributed by atoms with E-state index in [0.29, 0.717) is 17.8 Å². The van der Waals surface area contributed by atoms with Crippen molar-refractivity contribution in [1.29, 1.82) is 5.26 Å². The number of nitriles is 1. The lowest BCUT2D eigenvalue weighted by molar-refractivity contribution is 0.00299. The van der Waals surface area contributed by atoms with Crippen molar-refractivity contribution in [2.45, 2.75) is 31.9 Å². The first-order chi connectivity index (χ1) is 7.81. The van der Waals surface area contributed by atoms with Gasteiger partial charge in [0.2, 0.25) is 0 Å². The minimum absolute atomic E-state index is 0.411. The van der Waals surface area contributed by atoms with Crippen LogP contribution >= 0.6 is 0 Å². The maximum atomic E-state index is 8.61. The number of aromatic nitrogens is 1. The molecule has 1 aliphatic rings. The van der Waals surface area contributed by atoms with Crippen LogP contribution in [0.2, 0.25) is 0 Å². The van der Waals surface area contributed by atoms with Gasteiger partial charge in [0.1, 0.15) is 11.8 Å². The van der Waals surface area contributed by atoms with Crippen LogP contribution in [-0.2, 0) is 4.74 Å². The molecule has 0 bridgehead atoms. The van der Waals surface area contributed by atoms with Crippen LogP contribution in [0.5, 0.6) is 0 Å². The molecule has 0 aromatic carbocycles. The lowest BCUT2D eigenvalue weighted by Gasteiger charge is -2.35. The average Bonchev–Trinajstić information content (AvgIpc) is 2.27. The van der Waals surface area contributed by atoms with E-state index in [9.17, 15) is 0 Å². The molecule has 0 radical (unpaired) electrons. The van der Waals surface area contributed by atoms with Crippen LogP contribution in [0.25, 0.3) is 0 Å². The molecule has 1 aliphatic carbocycles. The van der Waals surface area contributed by atoms with Crippen molar-refractivity contribution < 1.29 is 4.74 Å². The van der Waals surface area contributed by atoms with E-state index in [2.05, 4.69) is 10.3 Å². The third kappa shape index (κ3) is 2.50. The number of hydrogen-bond donors (Lipinski definition) is 1. The summed E-state index contributed by atoms with van der Waals surface area (Å²) in [5.74, 6) is 0. The van der Waals surface area contributed by atoms with Gasteiger partial charge in [-0.2, -0.15) is 5.26 Å². The molecular formula is C12H15N3O. The summed E-state index contributed by atoms with van der Waals surface area (Å²) < 4.78 is 5.48. The Hall–Kier alpha value is -1.60. The normalized spacial score (nSPS) is 23.2. The lowest BCUT2D eigenvalue weighted by Crippen LogP contribution is -2.40. The molecule has 0 spiro atoms. The maximum Gasteiger partial charge on any atom is 0.140 e. The van der Waals surface area contributed by atoms with Gasteiger partial charge in [-0.05, 0) is 31.9 Å². The van der Waals surface area contributed by atoms with Gasteiger partial charge in [0.05, 0.1) is 18.0 Å². The predicted octanol–water partition coefficient (Wildman–Crippen LogP) is 1.93. The Morgan fingerprint density at radius 3 is 2.94 bits per heavy atom. The number of nitrogens with zero attached hydrogens (tertiary/aromatic N) is 2. The minimum Gasteiger partial charge on any atom is -0.381 e. The molecule has 0 aliphatic heterocycles. The molecule has 0 unspecified atom stereocenters. The Kier molecular flexibility index (Phi) is 3.37. The Balaban J connectivity index is 1.80. The lowest BCUT2D eigenvalue weighted by atomic mass is 9.89. The first-order valence-electron chi connectivity index (χ1n) is 5.56. The molecular weight excluding hydrogens is 202 g/mol. The largest absolute Gasteiger partial charge is 0.381 e. The second-order valence-electron chi connectivity index (χ2n) is 3.93. The van der Waals surface area contributed by atoms with Crippen molar-refractivity contribution in [1.82, 2.24) is 4.98 Å². The SMILES string of the molecule is CCOC1CC(Nc2ccc(C#N)nc2)C1. The summed E-state index contributed by atoms with van der Waals surface area (Å²) in [5, 5.41) is 12.0. The molecule has 1 aromatic heterocycles. The second-order valence-corrected chi connectivity index (χ2v) is 3.93. The fourth-order valence-electron chi connectivity index (χ4n) is 1.84. The third-order valence-electron chi connectivity index (χ3n) is 2.75. The predicted molar refractivity (Wildman–Crippen MR) is 61.0 cm³/mol. The highest BCUT2D eigenvalue weighted by Gasteiger charge is 2.29. The molecule has 1 heterocycles. The average molecular weight is 217 g/mol. The summed E-state index contributed by atoms with van der Waals surface area (Å²) in [6.07, 6.45) is 4.21. The van der Waals surface area contributed by atoms with Crippen LogP contribution in [-0.4, -0.2) is 23.7 Å². The maximum absolute atomic E-state index is 8.61. The van der Waals surface area contributed by atoms with Crippen molar-refractivity contribution in [2.75, 3.05) is 11.9 Å². The smallest absolute Gasteiger partial charge is 0.140 e. The van der Waals surface area contributed by atoms with Crippen LogP contribution in [0.4, 0.5) is 5.69 Å². The summed E-state index contributed by atoms with van der Waals surface area (Å²) in [6.45, 7) is 2.81. The molecule has 0 amide bonds. The van der Waals surface area contributed by atoms with Crippen LogP contribution in [0.3, 0.4) is 0 Å². The zero-order chi connectivity index (χ0) is 11.4. The standard InChI is InChI=1S/C12H15N3O/c1-2-16-12-5-11(6-12)15-10-4-3-9(7-13)14-8-10/h3-4,8,11-12,15H,2,5-6H2,1H3. The van der Waals surface area contributed by atoms with Crippen LogP contribution in [0, 0.1) is 11.3 Å². The summed E-state index contributed by atoms with van der Waals surface area (Å²) >= 11 is 0. The van der Waals surface area contributed by atoms with Gasteiger partial charge in [-0.15, -0.1) is 0 Å². The first kappa shape index (κ1) is 10.9. The van der Waals surface area contributed by atoms with Gasteiger partial charge >= 0.3 is 0 Å². The highest BCUT2D eigenvalue weighted by molar-refractivity contribution is 5.44. The summed E-state index contributed by atoms with van der Waals surface area (Å²) in [4.78, 5) is 4.01. The zero-order valence-electron chi connectivity index (χ0n) is 9.31. The number of ether oxygens (including phenoxy) is 1. The Bertz CT molecular complexity index is 376. The van der Waals surface area contributed by atoms with Gasteiger partial charge in [0.15, 0.2) is 0 Å². The zero-order valence-corrected chi connectivity index (χ0v) is 9.31. The molecule has 1 fully saturated rings. The van der Waals surface area contributed by atoms with E-state index in [1.807, 2.05) is 19.1 Å². The van der Waals surface area contributed by atoms with Crippen molar-refractivity contribution in [3.05, 3.63) is 24.0 Å². The van der Waals surface area contributed by atoms with Crippen molar-refractivity contribution in [3.63, 3.8) is 0 Å². The molecule has 84 valence electrons. The van der Waals surface area contributed by atoms with Crippen molar-refractivity contribution >= 4 is 5.69 Å². The molecule has 16 heavy (non-hydrogen) atoms. The topological polar surface area (TPSA) is 57.9 Å². The van der Waals surface area contributed by atoms with Gasteiger partial charge in [-0.3, -0.25) is 0 Å². The molecule has 0 atom stereocenters. The van der Waals surface area contributed by atoms with Gasteiger partial charge in [0.25, 0.3) is 0 Å². The Labute approximate surface area is 95.3 Å². The van der Waals surface area contributed by atoms with E-state index in [0.717, 1.165) is 25.1 Å². The molecule has 2 rings (SSSR count). The van der Waals surface area contributed by atoms with E-state index in [1.165, 1.54) is 0 Å². The van der Waals surface area contributed by atoms with E-state index in [1.54, 1.807) is 12.3 Å². The van der Waals surface area contributed by atoms with Crippen molar-refractivity contribution in [2.24, 2.45) is 0 Å². The molecule has 4 heteroatoms. The number of pyridine rings is 1. The number of rotatable bonds is 4. The fourth-order valence-corrected chi connectivity index (χ4v) is 1.84. The van der Waals surface area contributed by atoms with Gasteiger partial charge in [-0.25, -0.2) is 4.98 Å². The van der Waals surface area contributed by atoms with Crippen LogP contribution in [0.1, 0.15) is 25.5 Å². The highest BCUT2D eigenvalue weighted by atomic mass is 16.5. The third-order valence-corrected chi connectivity index (χ3v) is 2.75. The van der Waals surface area contributed by atoms with Gasteiger partial charge < -0.3 is 10.1 Å². The minimum atomic E-state index is 0.411. The number of nitrogens with one attached hydrogen (secondary N) is 1. The Morgan fingerprint density at radius 2 is 2.38 bits per heavy atom. The van der Waals surface area contributed by atoms with Gasteiger partial charge in [-0.1, -0.05) is 0 Å². The second kappa shape index (κ2) is 4.95.